The Kier molecular flexibility index (Phi) is 4.70. The summed E-state index contributed by atoms with van der Waals surface area (Å²) < 4.78 is 3.36. The normalized spacial score (nSPS) is 11.3. The molecule has 0 unspecified atom stereocenters. The lowest BCUT2D eigenvalue weighted by Crippen LogP contribution is -2.25. The molecule has 0 atom stereocenters. The predicted molar refractivity (Wildman–Crippen MR) is 96.0 cm³/mol. The van der Waals surface area contributed by atoms with Crippen LogP contribution in [0.15, 0.2) is 47.5 Å². The van der Waals surface area contributed by atoms with Gasteiger partial charge in [0.25, 0.3) is 0 Å². The van der Waals surface area contributed by atoms with Crippen LogP contribution in [-0.2, 0) is 13.1 Å². The number of aromatic carboxylic acids is 1. The largest absolute Gasteiger partial charge is 0.478 e. The van der Waals surface area contributed by atoms with Crippen LogP contribution in [0.3, 0.4) is 0 Å². The number of aryl methyl sites for hydroxylation is 1. The van der Waals surface area contributed by atoms with E-state index in [1.165, 1.54) is 0 Å². The summed E-state index contributed by atoms with van der Waals surface area (Å²) in [5.41, 5.74) is 2.35. The molecule has 0 amide bonds. The maximum Gasteiger partial charge on any atom is 0.335 e. The van der Waals surface area contributed by atoms with Gasteiger partial charge in [0.15, 0.2) is 0 Å². The molecule has 130 valence electrons. The summed E-state index contributed by atoms with van der Waals surface area (Å²) >= 11 is 0. The van der Waals surface area contributed by atoms with Crippen molar-refractivity contribution in [2.24, 2.45) is 5.92 Å². The minimum atomic E-state index is -1.00. The van der Waals surface area contributed by atoms with E-state index in [4.69, 9.17) is 0 Å². The van der Waals surface area contributed by atoms with Crippen molar-refractivity contribution in [3.8, 4) is 0 Å². The van der Waals surface area contributed by atoms with Crippen molar-refractivity contribution in [2.75, 3.05) is 0 Å². The molecule has 0 saturated carbocycles. The Labute approximate surface area is 145 Å². The second-order valence-electron chi connectivity index (χ2n) is 6.57. The van der Waals surface area contributed by atoms with Gasteiger partial charge in [-0.25, -0.2) is 9.59 Å². The van der Waals surface area contributed by atoms with E-state index in [0.29, 0.717) is 24.5 Å². The zero-order chi connectivity index (χ0) is 18.0. The zero-order valence-electron chi connectivity index (χ0n) is 14.3. The standard InChI is InChI=1S/C19H21N3O3/c1-13(2)7-9-21-16-6-5-15(18(23)24)10-17(16)22(19(21)25)12-14-4-3-8-20-11-14/h3-6,8,10-11,13H,7,9,12H2,1-2H3,(H,23,24). The number of fused-ring (bicyclic) bond motifs is 1. The number of carboxylic acids is 1. The van der Waals surface area contributed by atoms with Crippen molar-refractivity contribution < 1.29 is 9.90 Å². The van der Waals surface area contributed by atoms with Crippen molar-refractivity contribution in [3.05, 3.63) is 64.3 Å². The first-order valence-electron chi connectivity index (χ1n) is 8.32. The molecule has 0 aliphatic heterocycles. The lowest BCUT2D eigenvalue weighted by atomic mass is 10.1. The summed E-state index contributed by atoms with van der Waals surface area (Å²) in [7, 11) is 0. The van der Waals surface area contributed by atoms with Crippen LogP contribution in [0.1, 0.15) is 36.2 Å². The molecule has 0 aliphatic carbocycles. The number of carbonyl (C=O) groups is 1. The number of hydrogen-bond donors (Lipinski definition) is 1. The first-order chi connectivity index (χ1) is 12.0. The van der Waals surface area contributed by atoms with Gasteiger partial charge in [0.05, 0.1) is 23.1 Å². The second kappa shape index (κ2) is 6.93. The van der Waals surface area contributed by atoms with Crippen molar-refractivity contribution in [1.29, 1.82) is 0 Å². The third kappa shape index (κ3) is 3.47. The molecule has 0 fully saturated rings. The highest BCUT2D eigenvalue weighted by atomic mass is 16.4. The first kappa shape index (κ1) is 17.0. The molecule has 2 aromatic heterocycles. The Morgan fingerprint density at radius 3 is 2.64 bits per heavy atom. The van der Waals surface area contributed by atoms with E-state index in [-0.39, 0.29) is 11.3 Å². The lowest BCUT2D eigenvalue weighted by Gasteiger charge is -2.06. The number of hydrogen-bond acceptors (Lipinski definition) is 3. The predicted octanol–water partition coefficient (Wildman–Crippen LogP) is 2.99. The van der Waals surface area contributed by atoms with Crippen molar-refractivity contribution in [1.82, 2.24) is 14.1 Å². The molecule has 0 saturated heterocycles. The lowest BCUT2D eigenvalue weighted by molar-refractivity contribution is 0.0697. The molecule has 3 rings (SSSR count). The maximum absolute atomic E-state index is 12.9. The van der Waals surface area contributed by atoms with Gasteiger partial charge in [0, 0.05) is 18.9 Å². The summed E-state index contributed by atoms with van der Waals surface area (Å²) in [6.45, 7) is 5.20. The third-order valence-corrected chi connectivity index (χ3v) is 4.26. The second-order valence-corrected chi connectivity index (χ2v) is 6.57. The molecule has 3 aromatic rings. The molecule has 0 radical (unpaired) electrons. The van der Waals surface area contributed by atoms with Crippen LogP contribution in [-0.4, -0.2) is 25.2 Å². The number of rotatable bonds is 6. The maximum atomic E-state index is 12.9. The minimum absolute atomic E-state index is 0.123. The molecule has 0 aliphatic rings. The Bertz CT molecular complexity index is 955. The highest BCUT2D eigenvalue weighted by Crippen LogP contribution is 2.18. The van der Waals surface area contributed by atoms with Crippen LogP contribution in [0, 0.1) is 5.92 Å². The third-order valence-electron chi connectivity index (χ3n) is 4.26. The van der Waals surface area contributed by atoms with E-state index in [9.17, 15) is 14.7 Å². The summed E-state index contributed by atoms with van der Waals surface area (Å²) in [6, 6.07) is 8.56. The van der Waals surface area contributed by atoms with Gasteiger partial charge in [0.1, 0.15) is 0 Å². The number of benzene rings is 1. The van der Waals surface area contributed by atoms with Crippen LogP contribution in [0.25, 0.3) is 11.0 Å². The fraction of sp³-hybridized carbons (Fsp3) is 0.316. The molecule has 25 heavy (non-hydrogen) atoms. The molecule has 6 nitrogen and oxygen atoms in total. The summed E-state index contributed by atoms with van der Waals surface area (Å²) in [4.78, 5) is 28.3. The smallest absolute Gasteiger partial charge is 0.335 e. The number of nitrogens with zero attached hydrogens (tertiary/aromatic N) is 3. The number of carboxylic acid groups (broad SMARTS) is 1. The van der Waals surface area contributed by atoms with E-state index in [1.807, 2.05) is 12.1 Å². The summed E-state index contributed by atoms with van der Waals surface area (Å²) in [5, 5.41) is 9.27. The average molecular weight is 339 g/mol. The van der Waals surface area contributed by atoms with Crippen molar-refractivity contribution in [2.45, 2.75) is 33.4 Å². The first-order valence-corrected chi connectivity index (χ1v) is 8.32. The van der Waals surface area contributed by atoms with E-state index in [2.05, 4.69) is 18.8 Å². The van der Waals surface area contributed by atoms with E-state index in [1.54, 1.807) is 39.7 Å². The van der Waals surface area contributed by atoms with Gasteiger partial charge in [-0.15, -0.1) is 0 Å². The van der Waals surface area contributed by atoms with Gasteiger partial charge in [-0.1, -0.05) is 19.9 Å². The Hall–Kier alpha value is -2.89. The molecule has 1 aromatic carbocycles. The van der Waals surface area contributed by atoms with Crippen LogP contribution >= 0.6 is 0 Å². The van der Waals surface area contributed by atoms with E-state index in [0.717, 1.165) is 17.5 Å². The number of aromatic nitrogens is 3. The van der Waals surface area contributed by atoms with Crippen molar-refractivity contribution >= 4 is 17.0 Å². The van der Waals surface area contributed by atoms with Gasteiger partial charge in [-0.3, -0.25) is 14.1 Å². The fourth-order valence-electron chi connectivity index (χ4n) is 2.88. The number of pyridine rings is 1. The quantitative estimate of drug-likeness (QED) is 0.749. The number of imidazole rings is 1. The molecule has 0 spiro atoms. The monoisotopic (exact) mass is 339 g/mol. The van der Waals surface area contributed by atoms with E-state index >= 15 is 0 Å². The van der Waals surface area contributed by atoms with Gasteiger partial charge < -0.3 is 5.11 Å². The van der Waals surface area contributed by atoms with Gasteiger partial charge in [0.2, 0.25) is 0 Å². The zero-order valence-corrected chi connectivity index (χ0v) is 14.3. The topological polar surface area (TPSA) is 77.1 Å². The van der Waals surface area contributed by atoms with Crippen LogP contribution in [0.4, 0.5) is 0 Å². The highest BCUT2D eigenvalue weighted by molar-refractivity contribution is 5.92. The molecule has 2 heterocycles. The molecule has 1 N–H and O–H groups in total. The van der Waals surface area contributed by atoms with Gasteiger partial charge >= 0.3 is 11.7 Å². The Balaban J connectivity index is 2.15. The van der Waals surface area contributed by atoms with Crippen LogP contribution < -0.4 is 5.69 Å². The molecular formula is C19H21N3O3. The minimum Gasteiger partial charge on any atom is -0.478 e. The van der Waals surface area contributed by atoms with Gasteiger partial charge in [-0.2, -0.15) is 0 Å². The molecular weight excluding hydrogens is 318 g/mol. The molecule has 0 bridgehead atoms. The highest BCUT2D eigenvalue weighted by Gasteiger charge is 2.16. The SMILES string of the molecule is CC(C)CCn1c(=O)n(Cc2cccnc2)c2cc(C(=O)O)ccc21. The fourth-order valence-corrected chi connectivity index (χ4v) is 2.88. The van der Waals surface area contributed by atoms with Gasteiger partial charge in [-0.05, 0) is 42.2 Å². The Morgan fingerprint density at radius 1 is 1.20 bits per heavy atom. The van der Waals surface area contributed by atoms with Crippen LogP contribution in [0.2, 0.25) is 0 Å². The summed E-state index contributed by atoms with van der Waals surface area (Å²) in [6.07, 6.45) is 4.28. The molecule has 6 heteroatoms. The summed E-state index contributed by atoms with van der Waals surface area (Å²) in [5.74, 6) is -0.529. The van der Waals surface area contributed by atoms with Crippen molar-refractivity contribution in [3.63, 3.8) is 0 Å². The van der Waals surface area contributed by atoms with Crippen LogP contribution in [0.5, 0.6) is 0 Å². The Morgan fingerprint density at radius 2 is 2.00 bits per heavy atom. The van der Waals surface area contributed by atoms with E-state index < -0.39 is 5.97 Å². The average Bonchev–Trinajstić information content (AvgIpc) is 2.85.